The van der Waals surface area contributed by atoms with E-state index in [9.17, 15) is 9.59 Å². The Morgan fingerprint density at radius 3 is 2.62 bits per heavy atom. The second-order valence-electron chi connectivity index (χ2n) is 4.80. The highest BCUT2D eigenvalue weighted by atomic mass is 16.5. The summed E-state index contributed by atoms with van der Waals surface area (Å²) in [5, 5.41) is 2.74. The molecule has 0 aliphatic carbocycles. The summed E-state index contributed by atoms with van der Waals surface area (Å²) >= 11 is 0. The number of carbonyl (C=O) groups is 2. The first-order valence-electron chi connectivity index (χ1n) is 7.11. The van der Waals surface area contributed by atoms with Crippen LogP contribution in [0, 0.1) is 13.8 Å². The first-order valence-corrected chi connectivity index (χ1v) is 7.11. The summed E-state index contributed by atoms with van der Waals surface area (Å²) in [4.78, 5) is 25.7. The number of ether oxygens (including phenoxy) is 1. The summed E-state index contributed by atoms with van der Waals surface area (Å²) in [5.41, 5.74) is 0.564. The van der Waals surface area contributed by atoms with Crippen molar-refractivity contribution in [2.45, 2.75) is 27.2 Å². The van der Waals surface area contributed by atoms with Crippen molar-refractivity contribution in [3.8, 4) is 0 Å². The molecule has 0 spiro atoms. The average Bonchev–Trinajstić information content (AvgIpc) is 2.78. The van der Waals surface area contributed by atoms with Gasteiger partial charge in [-0.25, -0.2) is 0 Å². The average molecular weight is 296 g/mol. The Bertz CT molecular complexity index is 482. The number of hydrogen-bond donors (Lipinski definition) is 1. The minimum absolute atomic E-state index is 0.0848. The zero-order valence-electron chi connectivity index (χ0n) is 13.2. The van der Waals surface area contributed by atoms with Gasteiger partial charge in [0.15, 0.2) is 0 Å². The molecule has 0 saturated heterocycles. The summed E-state index contributed by atoms with van der Waals surface area (Å²) in [6.07, 6.45) is 0.277. The van der Waals surface area contributed by atoms with Gasteiger partial charge in [-0.1, -0.05) is 0 Å². The molecule has 2 amide bonds. The van der Waals surface area contributed by atoms with Gasteiger partial charge in [-0.15, -0.1) is 0 Å². The molecule has 0 radical (unpaired) electrons. The Morgan fingerprint density at radius 1 is 1.38 bits per heavy atom. The maximum Gasteiger partial charge on any atom is 0.257 e. The summed E-state index contributed by atoms with van der Waals surface area (Å²) in [5.74, 6) is 1.14. The Morgan fingerprint density at radius 2 is 2.10 bits per heavy atom. The van der Waals surface area contributed by atoms with Crippen LogP contribution in [-0.2, 0) is 9.53 Å². The number of nitrogens with one attached hydrogen (secondary N) is 1. The summed E-state index contributed by atoms with van der Waals surface area (Å²) < 4.78 is 10.2. The number of methoxy groups -OCH3 is 1. The second-order valence-corrected chi connectivity index (χ2v) is 4.80. The van der Waals surface area contributed by atoms with Crippen molar-refractivity contribution in [1.29, 1.82) is 0 Å². The van der Waals surface area contributed by atoms with Gasteiger partial charge < -0.3 is 19.4 Å². The Kier molecular flexibility index (Phi) is 6.94. The minimum atomic E-state index is -0.100. The third-order valence-electron chi connectivity index (χ3n) is 3.18. The van der Waals surface area contributed by atoms with Gasteiger partial charge in [0.25, 0.3) is 5.91 Å². The van der Waals surface area contributed by atoms with E-state index >= 15 is 0 Å². The number of nitrogens with zero attached hydrogens (tertiary/aromatic N) is 1. The van der Waals surface area contributed by atoms with Gasteiger partial charge >= 0.3 is 0 Å². The van der Waals surface area contributed by atoms with Crippen LogP contribution in [-0.4, -0.2) is 50.1 Å². The highest BCUT2D eigenvalue weighted by Gasteiger charge is 2.19. The lowest BCUT2D eigenvalue weighted by Crippen LogP contribution is -2.36. The fraction of sp³-hybridized carbons (Fsp3) is 0.600. The maximum absolute atomic E-state index is 12.4. The number of amides is 2. The van der Waals surface area contributed by atoms with Crippen LogP contribution in [0.4, 0.5) is 0 Å². The first kappa shape index (κ1) is 17.2. The van der Waals surface area contributed by atoms with E-state index < -0.39 is 0 Å². The first-order chi connectivity index (χ1) is 9.99. The molecular formula is C15H24N2O4. The lowest BCUT2D eigenvalue weighted by Gasteiger charge is -2.20. The van der Waals surface area contributed by atoms with Crippen LogP contribution < -0.4 is 5.32 Å². The molecule has 6 nitrogen and oxygen atoms in total. The van der Waals surface area contributed by atoms with E-state index in [1.165, 1.54) is 0 Å². The molecule has 1 aromatic rings. The van der Waals surface area contributed by atoms with E-state index in [2.05, 4.69) is 5.32 Å². The van der Waals surface area contributed by atoms with Crippen molar-refractivity contribution in [2.75, 3.05) is 33.4 Å². The standard InChI is InChI=1S/C15H24N2O4/c1-5-17(8-6-14(18)16-7-9-20-4)15(19)13-10-11(2)21-12(13)3/h10H,5-9H2,1-4H3,(H,16,18). The third-order valence-corrected chi connectivity index (χ3v) is 3.18. The van der Waals surface area contributed by atoms with Crippen molar-refractivity contribution in [3.05, 3.63) is 23.2 Å². The topological polar surface area (TPSA) is 71.8 Å². The number of hydrogen-bond acceptors (Lipinski definition) is 4. The number of rotatable bonds is 8. The molecule has 0 bridgehead atoms. The van der Waals surface area contributed by atoms with Gasteiger partial charge in [-0.3, -0.25) is 9.59 Å². The van der Waals surface area contributed by atoms with Crippen LogP contribution in [0.3, 0.4) is 0 Å². The normalized spacial score (nSPS) is 10.5. The lowest BCUT2D eigenvalue weighted by atomic mass is 10.2. The largest absolute Gasteiger partial charge is 0.466 e. The van der Waals surface area contributed by atoms with Gasteiger partial charge in [0, 0.05) is 33.2 Å². The van der Waals surface area contributed by atoms with Crippen LogP contribution in [0.5, 0.6) is 0 Å². The molecule has 6 heteroatoms. The van der Waals surface area contributed by atoms with Crippen molar-refractivity contribution in [2.24, 2.45) is 0 Å². The fourth-order valence-corrected chi connectivity index (χ4v) is 2.03. The van der Waals surface area contributed by atoms with Crippen molar-refractivity contribution in [1.82, 2.24) is 10.2 Å². The molecule has 21 heavy (non-hydrogen) atoms. The third kappa shape index (κ3) is 5.23. The number of furan rings is 1. The lowest BCUT2D eigenvalue weighted by molar-refractivity contribution is -0.121. The smallest absolute Gasteiger partial charge is 0.257 e. The van der Waals surface area contributed by atoms with Crippen LogP contribution in [0.1, 0.15) is 35.2 Å². The Balaban J connectivity index is 2.53. The van der Waals surface area contributed by atoms with E-state index in [1.54, 1.807) is 25.0 Å². The van der Waals surface area contributed by atoms with Crippen LogP contribution in [0.15, 0.2) is 10.5 Å². The summed E-state index contributed by atoms with van der Waals surface area (Å²) in [7, 11) is 1.58. The molecule has 0 aliphatic rings. The number of carbonyl (C=O) groups excluding carboxylic acids is 2. The van der Waals surface area contributed by atoms with E-state index in [-0.39, 0.29) is 18.2 Å². The van der Waals surface area contributed by atoms with Crippen molar-refractivity contribution >= 4 is 11.8 Å². The van der Waals surface area contributed by atoms with Crippen LogP contribution in [0.2, 0.25) is 0 Å². The molecule has 0 atom stereocenters. The molecule has 1 heterocycles. The molecular weight excluding hydrogens is 272 g/mol. The van der Waals surface area contributed by atoms with Crippen LogP contribution >= 0.6 is 0 Å². The van der Waals surface area contributed by atoms with Crippen LogP contribution in [0.25, 0.3) is 0 Å². The molecule has 118 valence electrons. The Hall–Kier alpha value is -1.82. The van der Waals surface area contributed by atoms with E-state index in [0.717, 1.165) is 0 Å². The molecule has 0 aromatic carbocycles. The Labute approximate surface area is 125 Å². The summed E-state index contributed by atoms with van der Waals surface area (Å²) in [6.45, 7) is 7.37. The van der Waals surface area contributed by atoms with E-state index in [4.69, 9.17) is 9.15 Å². The highest BCUT2D eigenvalue weighted by Crippen LogP contribution is 2.16. The van der Waals surface area contributed by atoms with Crippen molar-refractivity contribution in [3.63, 3.8) is 0 Å². The zero-order valence-corrected chi connectivity index (χ0v) is 13.2. The molecule has 0 aliphatic heterocycles. The molecule has 1 rings (SSSR count). The van der Waals surface area contributed by atoms with Gasteiger partial charge in [0.05, 0.1) is 12.2 Å². The fourth-order valence-electron chi connectivity index (χ4n) is 2.03. The summed E-state index contributed by atoms with van der Waals surface area (Å²) in [6, 6.07) is 1.74. The second kappa shape index (κ2) is 8.46. The van der Waals surface area contributed by atoms with Crippen molar-refractivity contribution < 1.29 is 18.7 Å². The molecule has 0 saturated carbocycles. The maximum atomic E-state index is 12.4. The minimum Gasteiger partial charge on any atom is -0.466 e. The number of aryl methyl sites for hydroxylation is 2. The van der Waals surface area contributed by atoms with Gasteiger partial charge in [0.1, 0.15) is 11.5 Å². The SMILES string of the molecule is CCN(CCC(=O)NCCOC)C(=O)c1cc(C)oc1C. The predicted molar refractivity (Wildman–Crippen MR) is 79.3 cm³/mol. The quantitative estimate of drug-likeness (QED) is 0.738. The molecule has 1 aromatic heterocycles. The predicted octanol–water partition coefficient (Wildman–Crippen LogP) is 1.51. The van der Waals surface area contributed by atoms with E-state index in [0.29, 0.717) is 43.3 Å². The van der Waals surface area contributed by atoms with Gasteiger partial charge in [0.2, 0.25) is 5.91 Å². The monoisotopic (exact) mass is 296 g/mol. The molecule has 1 N–H and O–H groups in total. The molecule has 0 fully saturated rings. The zero-order chi connectivity index (χ0) is 15.8. The van der Waals surface area contributed by atoms with E-state index in [1.807, 2.05) is 13.8 Å². The van der Waals surface area contributed by atoms with Gasteiger partial charge in [-0.05, 0) is 26.8 Å². The van der Waals surface area contributed by atoms with Gasteiger partial charge in [-0.2, -0.15) is 0 Å². The highest BCUT2D eigenvalue weighted by molar-refractivity contribution is 5.95. The molecule has 0 unspecified atom stereocenters.